The molecule has 1 unspecified atom stereocenters. The number of methoxy groups -OCH3 is 1. The summed E-state index contributed by atoms with van der Waals surface area (Å²) in [6.07, 6.45) is 1.03. The third-order valence-corrected chi connectivity index (χ3v) is 5.62. The van der Waals surface area contributed by atoms with Crippen molar-refractivity contribution < 1.29 is 9.47 Å². The smallest absolute Gasteiger partial charge is 0.161 e. The number of aromatic amines is 1. The van der Waals surface area contributed by atoms with Gasteiger partial charge in [-0.25, -0.2) is 0 Å². The fraction of sp³-hybridized carbons (Fsp3) is 0.200. The fourth-order valence-electron chi connectivity index (χ4n) is 4.18. The lowest BCUT2D eigenvalue weighted by Gasteiger charge is -2.25. The minimum absolute atomic E-state index is 0.114. The first-order valence-electron chi connectivity index (χ1n) is 10.0. The SMILES string of the molecule is COc1cc(C2NCCc3c2[nH]c2ccccc32)ccc1OCc1ccccc1. The van der Waals surface area contributed by atoms with Gasteiger partial charge in [0, 0.05) is 23.1 Å². The van der Waals surface area contributed by atoms with E-state index in [9.17, 15) is 0 Å². The van der Waals surface area contributed by atoms with Crippen molar-refractivity contribution in [2.45, 2.75) is 19.1 Å². The number of aromatic nitrogens is 1. The number of hydrogen-bond acceptors (Lipinski definition) is 3. The van der Waals surface area contributed by atoms with E-state index in [1.807, 2.05) is 24.3 Å². The molecule has 0 aliphatic carbocycles. The second kappa shape index (κ2) is 7.64. The maximum Gasteiger partial charge on any atom is 0.161 e. The molecule has 0 saturated carbocycles. The number of rotatable bonds is 5. The number of fused-ring (bicyclic) bond motifs is 3. The number of H-pyrrole nitrogens is 1. The molecular formula is C25H24N2O2. The maximum atomic E-state index is 6.02. The minimum Gasteiger partial charge on any atom is -0.493 e. The van der Waals surface area contributed by atoms with Gasteiger partial charge < -0.3 is 19.8 Å². The molecule has 0 amide bonds. The first-order valence-corrected chi connectivity index (χ1v) is 10.0. The average molecular weight is 384 g/mol. The molecule has 0 saturated heterocycles. The van der Waals surface area contributed by atoms with Gasteiger partial charge in [-0.2, -0.15) is 0 Å². The van der Waals surface area contributed by atoms with E-state index < -0.39 is 0 Å². The molecule has 2 heterocycles. The third kappa shape index (κ3) is 3.36. The van der Waals surface area contributed by atoms with Crippen LogP contribution in [0.25, 0.3) is 10.9 Å². The van der Waals surface area contributed by atoms with E-state index in [1.54, 1.807) is 7.11 Å². The summed E-state index contributed by atoms with van der Waals surface area (Å²) in [6, 6.07) is 25.0. The Hall–Kier alpha value is -3.24. The molecule has 2 N–H and O–H groups in total. The molecule has 1 aromatic heterocycles. The second-order valence-corrected chi connectivity index (χ2v) is 7.38. The normalized spacial score (nSPS) is 15.8. The summed E-state index contributed by atoms with van der Waals surface area (Å²) in [5.41, 5.74) is 6.16. The van der Waals surface area contributed by atoms with E-state index in [0.29, 0.717) is 6.61 Å². The van der Waals surface area contributed by atoms with Crippen LogP contribution in [-0.4, -0.2) is 18.6 Å². The van der Waals surface area contributed by atoms with E-state index >= 15 is 0 Å². The Bertz CT molecular complexity index is 1130. The zero-order chi connectivity index (χ0) is 19.6. The van der Waals surface area contributed by atoms with Gasteiger partial charge in [-0.05, 0) is 41.3 Å². The van der Waals surface area contributed by atoms with Crippen molar-refractivity contribution in [3.63, 3.8) is 0 Å². The van der Waals surface area contributed by atoms with Gasteiger partial charge in [0.25, 0.3) is 0 Å². The molecule has 4 aromatic rings. The van der Waals surface area contributed by atoms with Gasteiger partial charge in [-0.3, -0.25) is 0 Å². The molecule has 29 heavy (non-hydrogen) atoms. The van der Waals surface area contributed by atoms with Crippen LogP contribution in [0.1, 0.15) is 28.4 Å². The second-order valence-electron chi connectivity index (χ2n) is 7.38. The van der Waals surface area contributed by atoms with Crippen LogP contribution >= 0.6 is 0 Å². The van der Waals surface area contributed by atoms with Gasteiger partial charge >= 0.3 is 0 Å². The quantitative estimate of drug-likeness (QED) is 0.509. The van der Waals surface area contributed by atoms with Gasteiger partial charge in [-0.15, -0.1) is 0 Å². The molecule has 1 aliphatic heterocycles. The molecule has 4 heteroatoms. The lowest BCUT2D eigenvalue weighted by molar-refractivity contribution is 0.284. The molecule has 5 rings (SSSR count). The monoisotopic (exact) mass is 384 g/mol. The highest BCUT2D eigenvalue weighted by Crippen LogP contribution is 2.37. The van der Waals surface area contributed by atoms with Crippen LogP contribution < -0.4 is 14.8 Å². The van der Waals surface area contributed by atoms with Crippen molar-refractivity contribution in [2.75, 3.05) is 13.7 Å². The van der Waals surface area contributed by atoms with Gasteiger partial charge in [0.2, 0.25) is 0 Å². The van der Waals surface area contributed by atoms with Gasteiger partial charge in [0.1, 0.15) is 6.61 Å². The first kappa shape index (κ1) is 17.8. The van der Waals surface area contributed by atoms with Crippen molar-refractivity contribution >= 4 is 10.9 Å². The van der Waals surface area contributed by atoms with E-state index in [4.69, 9.17) is 9.47 Å². The minimum atomic E-state index is 0.114. The Labute approximate surface area is 170 Å². The zero-order valence-electron chi connectivity index (χ0n) is 16.4. The predicted molar refractivity (Wildman–Crippen MR) is 116 cm³/mol. The van der Waals surface area contributed by atoms with Crippen LogP contribution in [0.15, 0.2) is 72.8 Å². The Kier molecular flexibility index (Phi) is 4.70. The molecule has 0 radical (unpaired) electrons. The summed E-state index contributed by atoms with van der Waals surface area (Å²) in [6.45, 7) is 1.47. The predicted octanol–water partition coefficient (Wildman–Crippen LogP) is 4.99. The van der Waals surface area contributed by atoms with E-state index in [-0.39, 0.29) is 6.04 Å². The molecule has 1 atom stereocenters. The summed E-state index contributed by atoms with van der Waals surface area (Å²) in [4.78, 5) is 3.63. The summed E-state index contributed by atoms with van der Waals surface area (Å²) in [5, 5.41) is 4.98. The van der Waals surface area contributed by atoms with Crippen molar-refractivity contribution in [1.82, 2.24) is 10.3 Å². The topological polar surface area (TPSA) is 46.3 Å². The highest BCUT2D eigenvalue weighted by Gasteiger charge is 2.25. The van der Waals surface area contributed by atoms with Gasteiger partial charge in [-0.1, -0.05) is 54.6 Å². The molecule has 146 valence electrons. The Morgan fingerprint density at radius 2 is 1.76 bits per heavy atom. The van der Waals surface area contributed by atoms with Crippen LogP contribution in [0.4, 0.5) is 0 Å². The summed E-state index contributed by atoms with van der Waals surface area (Å²) in [7, 11) is 1.69. The fourth-order valence-corrected chi connectivity index (χ4v) is 4.18. The maximum absolute atomic E-state index is 6.02. The van der Waals surface area contributed by atoms with Crippen molar-refractivity contribution in [3.05, 3.63) is 95.2 Å². The number of ether oxygens (including phenoxy) is 2. The number of hydrogen-bond donors (Lipinski definition) is 2. The Balaban J connectivity index is 1.45. The van der Waals surface area contributed by atoms with E-state index in [0.717, 1.165) is 30.0 Å². The van der Waals surface area contributed by atoms with Gasteiger partial charge in [0.05, 0.1) is 13.2 Å². The molecule has 0 bridgehead atoms. The largest absolute Gasteiger partial charge is 0.493 e. The average Bonchev–Trinajstić information content (AvgIpc) is 3.17. The lowest BCUT2D eigenvalue weighted by atomic mass is 9.94. The molecule has 3 aromatic carbocycles. The third-order valence-electron chi connectivity index (χ3n) is 5.62. The van der Waals surface area contributed by atoms with Crippen LogP contribution in [0.2, 0.25) is 0 Å². The van der Waals surface area contributed by atoms with Crippen LogP contribution in [0, 0.1) is 0 Å². The highest BCUT2D eigenvalue weighted by molar-refractivity contribution is 5.85. The molecule has 0 fully saturated rings. The molecule has 0 spiro atoms. The van der Waals surface area contributed by atoms with E-state index in [1.165, 1.54) is 27.7 Å². The van der Waals surface area contributed by atoms with Crippen LogP contribution in [0.3, 0.4) is 0 Å². The van der Waals surface area contributed by atoms with Gasteiger partial charge in [0.15, 0.2) is 11.5 Å². The number of para-hydroxylation sites is 1. The number of benzene rings is 3. The van der Waals surface area contributed by atoms with E-state index in [2.05, 4.69) is 58.8 Å². The molecular weight excluding hydrogens is 360 g/mol. The Morgan fingerprint density at radius 3 is 2.62 bits per heavy atom. The lowest BCUT2D eigenvalue weighted by Crippen LogP contribution is -2.30. The van der Waals surface area contributed by atoms with Crippen LogP contribution in [0.5, 0.6) is 11.5 Å². The molecule has 1 aliphatic rings. The first-order chi connectivity index (χ1) is 14.3. The zero-order valence-corrected chi connectivity index (χ0v) is 16.4. The highest BCUT2D eigenvalue weighted by atomic mass is 16.5. The van der Waals surface area contributed by atoms with Crippen LogP contribution in [-0.2, 0) is 13.0 Å². The van der Waals surface area contributed by atoms with Crippen molar-refractivity contribution in [2.24, 2.45) is 0 Å². The summed E-state index contributed by atoms with van der Waals surface area (Å²) >= 11 is 0. The summed E-state index contributed by atoms with van der Waals surface area (Å²) in [5.74, 6) is 1.51. The standard InChI is InChI=1S/C25H24N2O2/c1-28-23-15-18(11-12-22(23)29-16-17-7-3-2-4-8-17)24-25-20(13-14-26-24)19-9-5-6-10-21(19)27-25/h2-12,15,24,26-27H,13-14,16H2,1H3. The summed E-state index contributed by atoms with van der Waals surface area (Å²) < 4.78 is 11.7. The van der Waals surface area contributed by atoms with Crippen molar-refractivity contribution in [3.8, 4) is 11.5 Å². The number of nitrogens with one attached hydrogen (secondary N) is 2. The van der Waals surface area contributed by atoms with Crippen molar-refractivity contribution in [1.29, 1.82) is 0 Å². The Morgan fingerprint density at radius 1 is 0.931 bits per heavy atom. The molecule has 4 nitrogen and oxygen atoms in total.